The monoisotopic (exact) mass is 587 g/mol. The minimum absolute atomic E-state index is 0.0807. The molecule has 1 aromatic heterocycles. The number of nitrogens with zero attached hydrogens (tertiary/aromatic N) is 4. The third-order valence-electron chi connectivity index (χ3n) is 7.40. The van der Waals surface area contributed by atoms with Gasteiger partial charge in [0.05, 0.1) is 22.8 Å². The molecule has 1 amide bonds. The van der Waals surface area contributed by atoms with Gasteiger partial charge in [-0.2, -0.15) is 0 Å². The predicted molar refractivity (Wildman–Crippen MR) is 162 cm³/mol. The molecular formula is C32H31ClFN5O3. The van der Waals surface area contributed by atoms with Crippen LogP contribution in [0.3, 0.4) is 0 Å². The van der Waals surface area contributed by atoms with Gasteiger partial charge in [-0.1, -0.05) is 36.2 Å². The average molecular weight is 588 g/mol. The number of anilines is 3. The Labute approximate surface area is 248 Å². The van der Waals surface area contributed by atoms with E-state index >= 15 is 0 Å². The number of rotatable bonds is 8. The first-order chi connectivity index (χ1) is 20.5. The molecule has 0 radical (unpaired) electrons. The summed E-state index contributed by atoms with van der Waals surface area (Å²) >= 11 is 6.51. The lowest BCUT2D eigenvalue weighted by atomic mass is 10.1. The molecular weight excluding hydrogens is 557 g/mol. The van der Waals surface area contributed by atoms with Crippen molar-refractivity contribution < 1.29 is 18.7 Å². The van der Waals surface area contributed by atoms with E-state index in [1.54, 1.807) is 35.2 Å². The third-order valence-corrected chi connectivity index (χ3v) is 7.69. The summed E-state index contributed by atoms with van der Waals surface area (Å²) in [6.45, 7) is 3.99. The van der Waals surface area contributed by atoms with Crippen molar-refractivity contribution in [3.63, 3.8) is 0 Å². The number of piperidine rings is 1. The molecule has 42 heavy (non-hydrogen) atoms. The van der Waals surface area contributed by atoms with Gasteiger partial charge in [0.15, 0.2) is 0 Å². The maximum atomic E-state index is 13.5. The van der Waals surface area contributed by atoms with E-state index in [2.05, 4.69) is 20.2 Å². The number of halogens is 2. The number of carbonyl (C=O) groups is 1. The van der Waals surface area contributed by atoms with Crippen LogP contribution < -0.4 is 19.7 Å². The summed E-state index contributed by atoms with van der Waals surface area (Å²) < 4.78 is 25.2. The van der Waals surface area contributed by atoms with Gasteiger partial charge in [-0.3, -0.25) is 9.69 Å². The van der Waals surface area contributed by atoms with Crippen LogP contribution in [0.4, 0.5) is 21.6 Å². The molecule has 8 nitrogen and oxygen atoms in total. The van der Waals surface area contributed by atoms with E-state index in [1.807, 2.05) is 24.3 Å². The fourth-order valence-corrected chi connectivity index (χ4v) is 5.48. The molecule has 1 fully saturated rings. The number of likely N-dealkylation sites (tertiary alicyclic amines) is 1. The van der Waals surface area contributed by atoms with Gasteiger partial charge in [0.25, 0.3) is 5.91 Å². The Morgan fingerprint density at radius 1 is 1.07 bits per heavy atom. The largest absolute Gasteiger partial charge is 0.489 e. The van der Waals surface area contributed by atoms with Crippen LogP contribution in [-0.4, -0.2) is 53.6 Å². The number of fused-ring (bicyclic) bond motifs is 2. The van der Waals surface area contributed by atoms with Crippen LogP contribution in [0.1, 0.15) is 24.8 Å². The second-order valence-electron chi connectivity index (χ2n) is 10.4. The molecule has 2 aliphatic rings. The minimum Gasteiger partial charge on any atom is -0.489 e. The lowest BCUT2D eigenvalue weighted by Gasteiger charge is -2.29. The molecule has 0 aliphatic carbocycles. The number of hydrogen-bond acceptors (Lipinski definition) is 7. The topological polar surface area (TPSA) is 79.8 Å². The van der Waals surface area contributed by atoms with Crippen LogP contribution in [0.2, 0.25) is 5.02 Å². The molecule has 0 saturated carbocycles. The predicted octanol–water partition coefficient (Wildman–Crippen LogP) is 6.51. The first-order valence-electron chi connectivity index (χ1n) is 14.1. The Hall–Kier alpha value is -4.21. The van der Waals surface area contributed by atoms with Crippen LogP contribution in [-0.2, 0) is 11.4 Å². The van der Waals surface area contributed by atoms with Crippen LogP contribution in [0.25, 0.3) is 10.9 Å². The van der Waals surface area contributed by atoms with Crippen molar-refractivity contribution in [1.82, 2.24) is 14.9 Å². The Morgan fingerprint density at radius 3 is 2.79 bits per heavy atom. The summed E-state index contributed by atoms with van der Waals surface area (Å²) in [5.74, 6) is 1.25. The minimum atomic E-state index is -0.316. The Bertz CT molecular complexity index is 1630. The smallest absolute Gasteiger partial charge is 0.250 e. The zero-order valence-corrected chi connectivity index (χ0v) is 23.8. The SMILES string of the molecule is O=C(/C=C/CN1CCCCC1)N1CCOc2cc3ncnc(Nc4ccc(OCc5cccc(F)c5)c(Cl)c4)c3cc21. The zero-order valence-electron chi connectivity index (χ0n) is 23.1. The first-order valence-corrected chi connectivity index (χ1v) is 14.5. The highest BCUT2D eigenvalue weighted by molar-refractivity contribution is 6.32. The van der Waals surface area contributed by atoms with Gasteiger partial charge in [-0.05, 0) is 67.9 Å². The molecule has 1 saturated heterocycles. The van der Waals surface area contributed by atoms with Gasteiger partial charge in [-0.15, -0.1) is 0 Å². The first kappa shape index (κ1) is 27.9. The van der Waals surface area contributed by atoms with Gasteiger partial charge in [0.1, 0.15) is 42.7 Å². The zero-order chi connectivity index (χ0) is 28.9. The molecule has 4 aromatic rings. The second-order valence-corrected chi connectivity index (χ2v) is 10.8. The van der Waals surface area contributed by atoms with E-state index in [0.29, 0.717) is 57.9 Å². The Kier molecular flexibility index (Phi) is 8.48. The van der Waals surface area contributed by atoms with Crippen molar-refractivity contribution in [2.75, 3.05) is 43.0 Å². The van der Waals surface area contributed by atoms with Crippen molar-refractivity contribution in [2.24, 2.45) is 0 Å². The van der Waals surface area contributed by atoms with E-state index in [1.165, 1.54) is 37.7 Å². The summed E-state index contributed by atoms with van der Waals surface area (Å²) in [6.07, 6.45) is 8.80. The van der Waals surface area contributed by atoms with Gasteiger partial charge >= 0.3 is 0 Å². The summed E-state index contributed by atoms with van der Waals surface area (Å²) in [7, 11) is 0. The van der Waals surface area contributed by atoms with E-state index in [0.717, 1.165) is 25.0 Å². The van der Waals surface area contributed by atoms with E-state index in [9.17, 15) is 9.18 Å². The Balaban J connectivity index is 1.19. The van der Waals surface area contributed by atoms with Gasteiger partial charge in [-0.25, -0.2) is 14.4 Å². The van der Waals surface area contributed by atoms with Crippen molar-refractivity contribution >= 4 is 45.6 Å². The van der Waals surface area contributed by atoms with Crippen LogP contribution in [0, 0.1) is 5.82 Å². The standard InChI is InChI=1S/C32H31ClFN5O3/c33-26-17-24(9-10-29(26)42-20-22-6-4-7-23(34)16-22)37-32-25-18-28-30(19-27(25)35-21-36-32)41-15-14-39(28)31(40)8-5-13-38-11-2-1-3-12-38/h4-10,16-19,21H,1-3,11-15,20H2,(H,35,36,37)/b8-5+. The third kappa shape index (κ3) is 6.48. The second kappa shape index (κ2) is 12.8. The van der Waals surface area contributed by atoms with Crippen molar-refractivity contribution in [1.29, 1.82) is 0 Å². The van der Waals surface area contributed by atoms with Crippen LogP contribution >= 0.6 is 11.6 Å². The van der Waals surface area contributed by atoms with Crippen molar-refractivity contribution in [3.8, 4) is 11.5 Å². The maximum Gasteiger partial charge on any atom is 0.250 e. The van der Waals surface area contributed by atoms with Gasteiger partial charge < -0.3 is 19.7 Å². The van der Waals surface area contributed by atoms with Gasteiger partial charge in [0.2, 0.25) is 0 Å². The molecule has 0 unspecified atom stereocenters. The number of nitrogens with one attached hydrogen (secondary N) is 1. The molecule has 3 heterocycles. The maximum absolute atomic E-state index is 13.5. The van der Waals surface area contributed by atoms with E-state index in [-0.39, 0.29) is 18.3 Å². The molecule has 216 valence electrons. The highest BCUT2D eigenvalue weighted by Gasteiger charge is 2.24. The molecule has 0 atom stereocenters. The van der Waals surface area contributed by atoms with Gasteiger partial charge in [0, 0.05) is 29.8 Å². The fraction of sp³-hybridized carbons (Fsp3) is 0.281. The summed E-state index contributed by atoms with van der Waals surface area (Å²) in [5.41, 5.74) is 2.76. The number of ether oxygens (including phenoxy) is 2. The van der Waals surface area contributed by atoms with Crippen molar-refractivity contribution in [2.45, 2.75) is 25.9 Å². The molecule has 10 heteroatoms. The fourth-order valence-electron chi connectivity index (χ4n) is 5.25. The molecule has 0 bridgehead atoms. The molecule has 0 spiro atoms. The quantitative estimate of drug-likeness (QED) is 0.235. The van der Waals surface area contributed by atoms with E-state index in [4.69, 9.17) is 21.1 Å². The average Bonchev–Trinajstić information content (AvgIpc) is 3.00. The lowest BCUT2D eigenvalue weighted by Crippen LogP contribution is -2.37. The molecule has 1 N–H and O–H groups in total. The number of carbonyl (C=O) groups excluding carboxylic acids is 1. The van der Waals surface area contributed by atoms with Crippen LogP contribution in [0.5, 0.6) is 11.5 Å². The Morgan fingerprint density at radius 2 is 1.95 bits per heavy atom. The normalized spacial score (nSPS) is 15.4. The molecule has 2 aliphatic heterocycles. The number of hydrogen-bond donors (Lipinski definition) is 1. The summed E-state index contributed by atoms with van der Waals surface area (Å²) in [4.78, 5) is 26.2. The summed E-state index contributed by atoms with van der Waals surface area (Å²) in [6, 6.07) is 15.3. The number of benzene rings is 3. The van der Waals surface area contributed by atoms with E-state index < -0.39 is 0 Å². The van der Waals surface area contributed by atoms with Crippen LogP contribution in [0.15, 0.2) is 73.1 Å². The summed E-state index contributed by atoms with van der Waals surface area (Å²) in [5, 5.41) is 4.45. The number of aromatic nitrogens is 2. The van der Waals surface area contributed by atoms with Crippen molar-refractivity contribution in [3.05, 3.63) is 89.5 Å². The highest BCUT2D eigenvalue weighted by Crippen LogP contribution is 2.38. The number of amides is 1. The molecule has 6 rings (SSSR count). The molecule has 3 aromatic carbocycles. The lowest BCUT2D eigenvalue weighted by molar-refractivity contribution is -0.114. The highest BCUT2D eigenvalue weighted by atomic mass is 35.5.